The van der Waals surface area contributed by atoms with E-state index in [1.54, 1.807) is 6.08 Å². The molecule has 5 heteroatoms. The number of hydrogen-bond acceptors (Lipinski definition) is 5. The van der Waals surface area contributed by atoms with Crippen LogP contribution in [0.2, 0.25) is 0 Å². The molecule has 0 saturated heterocycles. The lowest BCUT2D eigenvalue weighted by atomic mass is 9.52. The molecule has 0 aromatic heterocycles. The number of fused-ring (bicyclic) bond motifs is 5. The molecule has 5 atom stereocenters. The first-order valence-electron chi connectivity index (χ1n) is 11.5. The molecule has 0 aromatic rings. The molecule has 2 fully saturated rings. The molecule has 31 heavy (non-hydrogen) atoms. The van der Waals surface area contributed by atoms with E-state index in [-0.39, 0.29) is 53.5 Å². The summed E-state index contributed by atoms with van der Waals surface area (Å²) in [5.41, 5.74) is 2.34. The van der Waals surface area contributed by atoms with E-state index in [0.717, 1.165) is 32.1 Å². The number of carbonyl (C=O) groups is 4. The summed E-state index contributed by atoms with van der Waals surface area (Å²) in [5.74, 6) is 0.293. The molecule has 0 bridgehead atoms. The van der Waals surface area contributed by atoms with Gasteiger partial charge in [0.2, 0.25) is 0 Å². The average Bonchev–Trinajstić information content (AvgIpc) is 3.08. The third kappa shape index (κ3) is 3.77. The molecule has 0 spiro atoms. The van der Waals surface area contributed by atoms with Crippen molar-refractivity contribution in [2.45, 2.75) is 65.7 Å². The second-order valence-electron chi connectivity index (χ2n) is 10.2. The lowest BCUT2D eigenvalue weighted by Gasteiger charge is -2.52. The van der Waals surface area contributed by atoms with E-state index in [4.69, 9.17) is 4.74 Å². The highest BCUT2D eigenvalue weighted by molar-refractivity contribution is 6.01. The summed E-state index contributed by atoms with van der Waals surface area (Å²) >= 11 is 0. The predicted molar refractivity (Wildman–Crippen MR) is 116 cm³/mol. The van der Waals surface area contributed by atoms with Crippen LogP contribution in [0.5, 0.6) is 0 Å². The number of ketones is 3. The van der Waals surface area contributed by atoms with Crippen LogP contribution in [-0.4, -0.2) is 29.9 Å². The molecule has 4 aliphatic rings. The Balaban J connectivity index is 1.48. The molecule has 2 unspecified atom stereocenters. The minimum Gasteiger partial charge on any atom is -0.458 e. The van der Waals surface area contributed by atoms with Crippen LogP contribution in [0.1, 0.15) is 65.7 Å². The van der Waals surface area contributed by atoms with Gasteiger partial charge in [-0.2, -0.15) is 0 Å². The molecule has 4 rings (SSSR count). The van der Waals surface area contributed by atoms with Crippen LogP contribution in [-0.2, 0) is 23.9 Å². The summed E-state index contributed by atoms with van der Waals surface area (Å²) < 4.78 is 5.19. The van der Waals surface area contributed by atoms with Gasteiger partial charge in [-0.3, -0.25) is 14.4 Å². The Kier molecular flexibility index (Phi) is 5.65. The van der Waals surface area contributed by atoms with Crippen molar-refractivity contribution in [1.29, 1.82) is 0 Å². The van der Waals surface area contributed by atoms with Crippen LogP contribution in [0.25, 0.3) is 0 Å². The third-order valence-electron chi connectivity index (χ3n) is 8.39. The molecule has 2 saturated carbocycles. The Morgan fingerprint density at radius 3 is 2.65 bits per heavy atom. The Morgan fingerprint density at radius 1 is 1.13 bits per heavy atom. The lowest BCUT2D eigenvalue weighted by Crippen LogP contribution is -2.45. The number of rotatable bonds is 6. The van der Waals surface area contributed by atoms with E-state index < -0.39 is 5.97 Å². The molecule has 0 radical (unpaired) electrons. The van der Waals surface area contributed by atoms with E-state index in [0.29, 0.717) is 11.8 Å². The van der Waals surface area contributed by atoms with Gasteiger partial charge in [0, 0.05) is 17.8 Å². The molecular weight excluding hydrogens is 392 g/mol. The quantitative estimate of drug-likeness (QED) is 0.469. The number of carbonyl (C=O) groups excluding carboxylic acids is 4. The number of hydrogen-bond donors (Lipinski definition) is 0. The predicted octanol–water partition coefficient (Wildman–Crippen LogP) is 4.31. The monoisotopic (exact) mass is 424 g/mol. The zero-order chi connectivity index (χ0) is 22.4. The summed E-state index contributed by atoms with van der Waals surface area (Å²) in [4.78, 5) is 47.8. The normalized spacial score (nSPS) is 36.0. The maximum Gasteiger partial charge on any atom is 0.306 e. The lowest BCUT2D eigenvalue weighted by molar-refractivity contribution is -0.150. The Labute approximate surface area is 184 Å². The van der Waals surface area contributed by atoms with Crippen molar-refractivity contribution in [3.8, 4) is 0 Å². The molecule has 4 aliphatic carbocycles. The zero-order valence-corrected chi connectivity index (χ0v) is 18.7. The molecule has 0 amide bonds. The van der Waals surface area contributed by atoms with Crippen molar-refractivity contribution in [2.75, 3.05) is 6.61 Å². The average molecular weight is 425 g/mol. The van der Waals surface area contributed by atoms with Gasteiger partial charge in [0.15, 0.2) is 11.6 Å². The first kappa shape index (κ1) is 21.9. The summed E-state index contributed by atoms with van der Waals surface area (Å²) in [7, 11) is 0. The summed E-state index contributed by atoms with van der Waals surface area (Å²) in [6.07, 6.45) is 12.7. The van der Waals surface area contributed by atoms with Gasteiger partial charge >= 0.3 is 5.97 Å². The van der Waals surface area contributed by atoms with E-state index in [2.05, 4.69) is 26.0 Å². The minimum absolute atomic E-state index is 0.00351. The molecule has 5 nitrogen and oxygen atoms in total. The van der Waals surface area contributed by atoms with Crippen LogP contribution < -0.4 is 0 Å². The van der Waals surface area contributed by atoms with Gasteiger partial charge in [0.25, 0.3) is 0 Å². The summed E-state index contributed by atoms with van der Waals surface area (Å²) in [6, 6.07) is 0. The first-order valence-corrected chi connectivity index (χ1v) is 11.5. The van der Waals surface area contributed by atoms with Crippen molar-refractivity contribution in [3.05, 3.63) is 35.5 Å². The number of esters is 1. The highest BCUT2D eigenvalue weighted by atomic mass is 16.5. The van der Waals surface area contributed by atoms with Gasteiger partial charge in [0.1, 0.15) is 12.4 Å². The molecule has 0 heterocycles. The smallest absolute Gasteiger partial charge is 0.306 e. The van der Waals surface area contributed by atoms with Gasteiger partial charge < -0.3 is 9.53 Å². The van der Waals surface area contributed by atoms with Crippen LogP contribution >= 0.6 is 0 Å². The van der Waals surface area contributed by atoms with Gasteiger partial charge in [-0.05, 0) is 75.4 Å². The van der Waals surface area contributed by atoms with Crippen LogP contribution in [0.4, 0.5) is 0 Å². The number of Topliss-reactive ketones (excluding diaryl/α,β-unsaturated/α-hetero) is 2. The van der Waals surface area contributed by atoms with Crippen LogP contribution in [0.15, 0.2) is 35.5 Å². The molecule has 166 valence electrons. The first-order chi connectivity index (χ1) is 14.6. The third-order valence-corrected chi connectivity index (χ3v) is 8.39. The van der Waals surface area contributed by atoms with Gasteiger partial charge in [-0.25, -0.2) is 0 Å². The minimum atomic E-state index is -0.479. The Bertz CT molecular complexity index is 922. The van der Waals surface area contributed by atoms with Crippen molar-refractivity contribution < 1.29 is 23.9 Å². The topological polar surface area (TPSA) is 77.5 Å². The van der Waals surface area contributed by atoms with Crippen molar-refractivity contribution in [2.24, 2.45) is 28.6 Å². The van der Waals surface area contributed by atoms with E-state index in [1.165, 1.54) is 18.1 Å². The van der Waals surface area contributed by atoms with Gasteiger partial charge in [-0.1, -0.05) is 30.2 Å². The fourth-order valence-electron chi connectivity index (χ4n) is 6.65. The second-order valence-corrected chi connectivity index (χ2v) is 10.2. The van der Waals surface area contributed by atoms with Gasteiger partial charge in [-0.15, -0.1) is 0 Å². The van der Waals surface area contributed by atoms with Gasteiger partial charge in [0.05, 0.1) is 6.42 Å². The SMILES string of the molecule is CC(=O)CCC(=O)OCC(=O)[C@H]1CCC2C3CCC4=CC(=O)C=C[C@]4(C)C3=CC[C@@]21C. The zero-order valence-electron chi connectivity index (χ0n) is 18.7. The maximum atomic E-state index is 13.0. The van der Waals surface area contributed by atoms with E-state index in [1.807, 2.05) is 6.08 Å². The fraction of sp³-hybridized carbons (Fsp3) is 0.615. The number of allylic oxidation sites excluding steroid dienone is 6. The second kappa shape index (κ2) is 7.99. The van der Waals surface area contributed by atoms with E-state index >= 15 is 0 Å². The summed E-state index contributed by atoms with van der Waals surface area (Å²) in [6.45, 7) is 5.70. The summed E-state index contributed by atoms with van der Waals surface area (Å²) in [5, 5.41) is 0. The highest BCUT2D eigenvalue weighted by Crippen LogP contribution is 2.63. The van der Waals surface area contributed by atoms with Crippen molar-refractivity contribution in [1.82, 2.24) is 0 Å². The van der Waals surface area contributed by atoms with E-state index in [9.17, 15) is 19.2 Å². The number of ether oxygens (including phenoxy) is 1. The standard InChI is InChI=1S/C26H32O5/c1-16(27)4-9-24(30)31-15-23(29)22-8-7-20-19-6-5-17-14-18(28)10-12-25(17,2)21(19)11-13-26(20,22)3/h10-12,14,19-20,22H,4-9,13,15H2,1-3H3/t19?,20?,22-,25+,26+/m1/s1. The van der Waals surface area contributed by atoms with Crippen LogP contribution in [0.3, 0.4) is 0 Å². The fourth-order valence-corrected chi connectivity index (χ4v) is 6.65. The Hall–Kier alpha value is -2.30. The highest BCUT2D eigenvalue weighted by Gasteiger charge is 2.56. The molecule has 0 aliphatic heterocycles. The van der Waals surface area contributed by atoms with Crippen molar-refractivity contribution >= 4 is 23.3 Å². The molecule has 0 aromatic carbocycles. The Morgan fingerprint density at radius 2 is 1.90 bits per heavy atom. The van der Waals surface area contributed by atoms with Crippen molar-refractivity contribution in [3.63, 3.8) is 0 Å². The largest absolute Gasteiger partial charge is 0.458 e. The molecular formula is C26H32O5. The molecule has 0 N–H and O–H groups in total. The maximum absolute atomic E-state index is 13.0. The van der Waals surface area contributed by atoms with Crippen LogP contribution in [0, 0.1) is 28.6 Å².